The Morgan fingerprint density at radius 3 is 2.33 bits per heavy atom. The lowest BCUT2D eigenvalue weighted by molar-refractivity contribution is 0.102. The predicted molar refractivity (Wildman–Crippen MR) is 125 cm³/mol. The average molecular weight is 485 g/mol. The van der Waals surface area contributed by atoms with Crippen LogP contribution in [0.2, 0.25) is 5.02 Å². The van der Waals surface area contributed by atoms with Crippen molar-refractivity contribution in [2.75, 3.05) is 25.1 Å². The number of fused-ring (bicyclic) bond motifs is 2. The molecule has 2 heterocycles. The van der Waals surface area contributed by atoms with Crippen LogP contribution in [0.25, 0.3) is 0 Å². The van der Waals surface area contributed by atoms with Crippen molar-refractivity contribution in [3.63, 3.8) is 0 Å². The van der Waals surface area contributed by atoms with Crippen molar-refractivity contribution in [1.82, 2.24) is 4.31 Å². The molecule has 5 rings (SSSR count). The zero-order valence-corrected chi connectivity index (χ0v) is 19.2. The number of carbonyl (C=O) groups excluding carboxylic acids is 1. The van der Waals surface area contributed by atoms with Crippen molar-refractivity contribution in [1.29, 1.82) is 0 Å². The number of hydrogen-bond acceptors (Lipinski definition) is 5. The first-order valence-electron chi connectivity index (χ1n) is 10.5. The minimum atomic E-state index is -3.67. The van der Waals surface area contributed by atoms with Gasteiger partial charge in [0.25, 0.3) is 5.91 Å². The highest BCUT2D eigenvalue weighted by Gasteiger charge is 2.28. The number of carbonyl (C=O) groups is 1. The number of halogens is 1. The summed E-state index contributed by atoms with van der Waals surface area (Å²) in [5, 5.41) is 3.06. The molecule has 0 atom stereocenters. The summed E-state index contributed by atoms with van der Waals surface area (Å²) >= 11 is 6.26. The standard InChI is InChI=1S/C24H21ClN2O5S/c25-20-13-22-23(32-12-11-31-22)14-21(20)26-24(28)17-5-7-19(8-6-17)33(29,30)27-10-9-16-3-1-2-4-18(16)15-27/h1-8,13-14H,9-12,15H2,(H,26,28). The Kier molecular flexibility index (Phi) is 5.74. The van der Waals surface area contributed by atoms with E-state index in [0.29, 0.717) is 60.5 Å². The molecule has 0 aliphatic carbocycles. The Morgan fingerprint density at radius 1 is 0.939 bits per heavy atom. The van der Waals surface area contributed by atoms with Crippen molar-refractivity contribution in [3.8, 4) is 11.5 Å². The SMILES string of the molecule is O=C(Nc1cc2c(cc1Cl)OCCO2)c1ccc(S(=O)(=O)N2CCc3ccccc3C2)cc1. The summed E-state index contributed by atoms with van der Waals surface area (Å²) in [5.41, 5.74) is 2.88. The van der Waals surface area contributed by atoms with Gasteiger partial charge in [-0.3, -0.25) is 4.79 Å². The first kappa shape index (κ1) is 21.8. The van der Waals surface area contributed by atoms with Gasteiger partial charge in [-0.2, -0.15) is 4.31 Å². The van der Waals surface area contributed by atoms with Gasteiger partial charge in [0.2, 0.25) is 10.0 Å². The van der Waals surface area contributed by atoms with Crippen LogP contribution in [0.4, 0.5) is 5.69 Å². The molecule has 2 aliphatic rings. The quantitative estimate of drug-likeness (QED) is 0.602. The second-order valence-corrected chi connectivity index (χ2v) is 10.2. The van der Waals surface area contributed by atoms with E-state index in [9.17, 15) is 13.2 Å². The minimum Gasteiger partial charge on any atom is -0.486 e. The summed E-state index contributed by atoms with van der Waals surface area (Å²) in [6, 6.07) is 17.0. The molecule has 3 aromatic carbocycles. The van der Waals surface area contributed by atoms with Crippen molar-refractivity contribution in [2.24, 2.45) is 0 Å². The molecule has 0 unspecified atom stereocenters. The Bertz CT molecular complexity index is 1330. The second-order valence-electron chi connectivity index (χ2n) is 7.81. The molecule has 0 spiro atoms. The molecule has 1 N–H and O–H groups in total. The van der Waals surface area contributed by atoms with Crippen molar-refractivity contribution in [3.05, 3.63) is 82.4 Å². The molecule has 3 aromatic rings. The summed E-state index contributed by atoms with van der Waals surface area (Å²) < 4.78 is 38.7. The molecule has 0 aromatic heterocycles. The molecular formula is C24H21ClN2O5S. The predicted octanol–water partition coefficient (Wildman–Crippen LogP) is 4.11. The maximum atomic E-state index is 13.1. The number of hydrogen-bond donors (Lipinski definition) is 1. The van der Waals surface area contributed by atoms with E-state index in [1.54, 1.807) is 12.1 Å². The second kappa shape index (κ2) is 8.70. The van der Waals surface area contributed by atoms with Crippen LogP contribution < -0.4 is 14.8 Å². The van der Waals surface area contributed by atoms with Gasteiger partial charge in [-0.1, -0.05) is 35.9 Å². The fraction of sp³-hybridized carbons (Fsp3) is 0.208. The van der Waals surface area contributed by atoms with Gasteiger partial charge in [-0.25, -0.2) is 8.42 Å². The largest absolute Gasteiger partial charge is 0.486 e. The molecule has 2 aliphatic heterocycles. The lowest BCUT2D eigenvalue weighted by atomic mass is 10.0. The molecule has 0 bridgehead atoms. The van der Waals surface area contributed by atoms with Crippen LogP contribution in [0.5, 0.6) is 11.5 Å². The summed E-state index contributed by atoms with van der Waals surface area (Å²) in [7, 11) is -3.67. The van der Waals surface area contributed by atoms with Crippen LogP contribution in [0.15, 0.2) is 65.6 Å². The Balaban J connectivity index is 1.32. The highest BCUT2D eigenvalue weighted by atomic mass is 35.5. The lowest BCUT2D eigenvalue weighted by Gasteiger charge is -2.28. The maximum absolute atomic E-state index is 13.1. The normalized spacial score (nSPS) is 15.5. The van der Waals surface area contributed by atoms with Crippen LogP contribution >= 0.6 is 11.6 Å². The number of ether oxygens (including phenoxy) is 2. The van der Waals surface area contributed by atoms with Gasteiger partial charge in [0, 0.05) is 30.8 Å². The number of benzene rings is 3. The van der Waals surface area contributed by atoms with Gasteiger partial charge in [0.05, 0.1) is 15.6 Å². The fourth-order valence-corrected chi connectivity index (χ4v) is 5.58. The molecule has 1 amide bonds. The summed E-state index contributed by atoms with van der Waals surface area (Å²) in [5.74, 6) is 0.620. The van der Waals surface area contributed by atoms with Crippen LogP contribution in [0.1, 0.15) is 21.5 Å². The van der Waals surface area contributed by atoms with E-state index in [1.165, 1.54) is 34.1 Å². The van der Waals surface area contributed by atoms with E-state index >= 15 is 0 Å². The van der Waals surface area contributed by atoms with Gasteiger partial charge in [-0.05, 0) is 41.8 Å². The zero-order valence-electron chi connectivity index (χ0n) is 17.6. The number of sulfonamides is 1. The fourth-order valence-electron chi connectivity index (χ4n) is 3.96. The molecule has 0 saturated carbocycles. The monoisotopic (exact) mass is 484 g/mol. The van der Waals surface area contributed by atoms with E-state index in [-0.39, 0.29) is 4.90 Å². The molecule has 170 valence electrons. The first-order chi connectivity index (χ1) is 15.9. The van der Waals surface area contributed by atoms with Crippen LogP contribution in [-0.4, -0.2) is 38.4 Å². The Hall–Kier alpha value is -3.07. The summed E-state index contributed by atoms with van der Waals surface area (Å²) in [4.78, 5) is 12.9. The number of nitrogens with zero attached hydrogens (tertiary/aromatic N) is 1. The smallest absolute Gasteiger partial charge is 0.255 e. The summed E-state index contributed by atoms with van der Waals surface area (Å²) in [6.07, 6.45) is 0.673. The van der Waals surface area contributed by atoms with Crippen LogP contribution in [0.3, 0.4) is 0 Å². The number of rotatable bonds is 4. The first-order valence-corrected chi connectivity index (χ1v) is 12.3. The number of nitrogens with one attached hydrogen (secondary N) is 1. The Labute approximate surface area is 196 Å². The summed E-state index contributed by atoms with van der Waals surface area (Å²) in [6.45, 7) is 1.61. The van der Waals surface area contributed by atoms with E-state index in [2.05, 4.69) is 5.32 Å². The highest BCUT2D eigenvalue weighted by Crippen LogP contribution is 2.38. The topological polar surface area (TPSA) is 84.9 Å². The van der Waals surface area contributed by atoms with Gasteiger partial charge >= 0.3 is 0 Å². The van der Waals surface area contributed by atoms with E-state index in [1.807, 2.05) is 24.3 Å². The third-order valence-electron chi connectivity index (χ3n) is 5.73. The zero-order chi connectivity index (χ0) is 23.0. The van der Waals surface area contributed by atoms with E-state index in [0.717, 1.165) is 5.56 Å². The van der Waals surface area contributed by atoms with Gasteiger partial charge < -0.3 is 14.8 Å². The molecule has 0 radical (unpaired) electrons. The number of anilines is 1. The minimum absolute atomic E-state index is 0.149. The van der Waals surface area contributed by atoms with E-state index in [4.69, 9.17) is 21.1 Å². The Morgan fingerprint density at radius 2 is 1.61 bits per heavy atom. The van der Waals surface area contributed by atoms with Gasteiger partial charge in [0.1, 0.15) is 13.2 Å². The van der Waals surface area contributed by atoms with Gasteiger partial charge in [0.15, 0.2) is 11.5 Å². The highest BCUT2D eigenvalue weighted by molar-refractivity contribution is 7.89. The molecule has 0 fully saturated rings. The molecular weight excluding hydrogens is 464 g/mol. The van der Waals surface area contributed by atoms with Crippen molar-refractivity contribution < 1.29 is 22.7 Å². The molecule has 9 heteroatoms. The van der Waals surface area contributed by atoms with Crippen LogP contribution in [0, 0.1) is 0 Å². The maximum Gasteiger partial charge on any atom is 0.255 e. The van der Waals surface area contributed by atoms with E-state index < -0.39 is 15.9 Å². The van der Waals surface area contributed by atoms with Gasteiger partial charge in [-0.15, -0.1) is 0 Å². The third-order valence-corrected chi connectivity index (χ3v) is 7.90. The van der Waals surface area contributed by atoms with Crippen molar-refractivity contribution in [2.45, 2.75) is 17.9 Å². The molecule has 33 heavy (non-hydrogen) atoms. The number of amides is 1. The third kappa shape index (κ3) is 4.29. The molecule has 7 nitrogen and oxygen atoms in total. The van der Waals surface area contributed by atoms with Crippen LogP contribution in [-0.2, 0) is 23.0 Å². The lowest BCUT2D eigenvalue weighted by Crippen LogP contribution is -2.35. The van der Waals surface area contributed by atoms with Crippen molar-refractivity contribution >= 4 is 33.2 Å². The molecule has 0 saturated heterocycles. The average Bonchev–Trinajstić information content (AvgIpc) is 2.84.